The van der Waals surface area contributed by atoms with Crippen LogP contribution >= 0.6 is 0 Å². The molecule has 7 heteroatoms. The molecule has 0 fully saturated rings. The van der Waals surface area contributed by atoms with Crippen LogP contribution in [-0.4, -0.2) is 43.6 Å². The van der Waals surface area contributed by atoms with Gasteiger partial charge >= 0.3 is 5.97 Å². The second-order valence-electron chi connectivity index (χ2n) is 6.16. The van der Waals surface area contributed by atoms with Crippen LogP contribution in [0.3, 0.4) is 0 Å². The number of likely N-dealkylation sites (N-methyl/N-ethyl adjacent to an activating group) is 1. The zero-order chi connectivity index (χ0) is 19.5. The number of rotatable bonds is 6. The maximum Gasteiger partial charge on any atom is 0.335 e. The molecule has 0 aromatic heterocycles. The van der Waals surface area contributed by atoms with Gasteiger partial charge in [-0.2, -0.15) is 0 Å². The van der Waals surface area contributed by atoms with Crippen LogP contribution in [0.15, 0.2) is 53.4 Å². The zero-order valence-corrected chi connectivity index (χ0v) is 15.7. The number of carbonyl (C=O) groups excluding carboxylic acids is 1. The molecule has 1 amide bonds. The SMILES string of the molecule is CC(c1ccc(S(C)(=O)=O)cc1)N(C)C(=O)Cc1ccccc1C(=O)O. The van der Waals surface area contributed by atoms with Crippen molar-refractivity contribution in [2.75, 3.05) is 13.3 Å². The number of nitrogens with zero attached hydrogens (tertiary/aromatic N) is 1. The van der Waals surface area contributed by atoms with Crippen molar-refractivity contribution in [1.82, 2.24) is 4.90 Å². The third-order valence-corrected chi connectivity index (χ3v) is 5.48. The van der Waals surface area contributed by atoms with E-state index in [0.29, 0.717) is 5.56 Å². The normalized spacial score (nSPS) is 12.4. The molecular formula is C19H21NO5S. The maximum atomic E-state index is 12.6. The van der Waals surface area contributed by atoms with E-state index in [1.807, 2.05) is 6.92 Å². The van der Waals surface area contributed by atoms with E-state index < -0.39 is 15.8 Å². The Labute approximate surface area is 153 Å². The number of sulfone groups is 1. The molecule has 0 aliphatic carbocycles. The number of amides is 1. The summed E-state index contributed by atoms with van der Waals surface area (Å²) in [5.74, 6) is -1.29. The lowest BCUT2D eigenvalue weighted by atomic mass is 10.0. The van der Waals surface area contributed by atoms with Gasteiger partial charge in [-0.15, -0.1) is 0 Å². The van der Waals surface area contributed by atoms with E-state index in [0.717, 1.165) is 11.8 Å². The highest BCUT2D eigenvalue weighted by Crippen LogP contribution is 2.22. The van der Waals surface area contributed by atoms with Crippen molar-refractivity contribution >= 4 is 21.7 Å². The third-order valence-electron chi connectivity index (χ3n) is 4.35. The van der Waals surface area contributed by atoms with Crippen LogP contribution in [0.25, 0.3) is 0 Å². The first-order valence-corrected chi connectivity index (χ1v) is 9.87. The molecule has 0 heterocycles. The molecule has 2 aromatic rings. The quantitative estimate of drug-likeness (QED) is 0.838. The van der Waals surface area contributed by atoms with Crippen molar-refractivity contribution in [3.8, 4) is 0 Å². The number of hydrogen-bond acceptors (Lipinski definition) is 4. The van der Waals surface area contributed by atoms with E-state index >= 15 is 0 Å². The van der Waals surface area contributed by atoms with Crippen molar-refractivity contribution < 1.29 is 23.1 Å². The summed E-state index contributed by atoms with van der Waals surface area (Å²) >= 11 is 0. The highest BCUT2D eigenvalue weighted by atomic mass is 32.2. The molecule has 2 rings (SSSR count). The molecule has 2 aromatic carbocycles. The van der Waals surface area contributed by atoms with Crippen LogP contribution < -0.4 is 0 Å². The molecule has 26 heavy (non-hydrogen) atoms. The summed E-state index contributed by atoms with van der Waals surface area (Å²) in [4.78, 5) is 25.6. The largest absolute Gasteiger partial charge is 0.478 e. The monoisotopic (exact) mass is 375 g/mol. The van der Waals surface area contributed by atoms with E-state index in [1.54, 1.807) is 37.4 Å². The lowest BCUT2D eigenvalue weighted by molar-refractivity contribution is -0.131. The molecule has 0 spiro atoms. The molecule has 0 aliphatic rings. The molecule has 1 unspecified atom stereocenters. The Balaban J connectivity index is 2.16. The predicted molar refractivity (Wildman–Crippen MR) is 97.8 cm³/mol. The summed E-state index contributed by atoms with van der Waals surface area (Å²) in [5, 5.41) is 9.22. The van der Waals surface area contributed by atoms with E-state index in [-0.39, 0.29) is 28.8 Å². The summed E-state index contributed by atoms with van der Waals surface area (Å²) in [5.41, 5.74) is 1.36. The van der Waals surface area contributed by atoms with E-state index in [2.05, 4.69) is 0 Å². The number of carboxylic acids is 1. The molecule has 0 saturated heterocycles. The summed E-state index contributed by atoms with van der Waals surface area (Å²) in [6.07, 6.45) is 1.12. The van der Waals surface area contributed by atoms with Gasteiger partial charge in [0.15, 0.2) is 9.84 Å². The Hall–Kier alpha value is -2.67. The van der Waals surface area contributed by atoms with Crippen molar-refractivity contribution in [2.24, 2.45) is 0 Å². The number of aromatic carboxylic acids is 1. The molecule has 0 aliphatic heterocycles. The molecule has 0 bridgehead atoms. The number of carboxylic acid groups (broad SMARTS) is 1. The first-order valence-electron chi connectivity index (χ1n) is 7.98. The fraction of sp³-hybridized carbons (Fsp3) is 0.263. The van der Waals surface area contributed by atoms with Crippen molar-refractivity contribution in [2.45, 2.75) is 24.3 Å². The number of benzene rings is 2. The van der Waals surface area contributed by atoms with E-state index in [1.165, 1.54) is 23.1 Å². The van der Waals surface area contributed by atoms with Gasteiger partial charge in [-0.1, -0.05) is 30.3 Å². The van der Waals surface area contributed by atoms with Gasteiger partial charge in [0.2, 0.25) is 5.91 Å². The Morgan fingerprint density at radius 2 is 1.65 bits per heavy atom. The fourth-order valence-electron chi connectivity index (χ4n) is 2.60. The molecule has 1 N–H and O–H groups in total. The smallest absolute Gasteiger partial charge is 0.335 e. The summed E-state index contributed by atoms with van der Waals surface area (Å²) in [6.45, 7) is 1.83. The van der Waals surface area contributed by atoms with Gasteiger partial charge in [0.05, 0.1) is 22.9 Å². The Morgan fingerprint density at radius 3 is 2.19 bits per heavy atom. The average Bonchev–Trinajstić information content (AvgIpc) is 2.60. The van der Waals surface area contributed by atoms with E-state index in [9.17, 15) is 23.1 Å². The Morgan fingerprint density at radius 1 is 1.08 bits per heavy atom. The van der Waals surface area contributed by atoms with Crippen LogP contribution in [0.4, 0.5) is 0 Å². The minimum Gasteiger partial charge on any atom is -0.478 e. The van der Waals surface area contributed by atoms with Gasteiger partial charge in [0, 0.05) is 13.3 Å². The molecular weight excluding hydrogens is 354 g/mol. The van der Waals surface area contributed by atoms with Crippen molar-refractivity contribution in [3.63, 3.8) is 0 Å². The van der Waals surface area contributed by atoms with Crippen LogP contribution in [0.2, 0.25) is 0 Å². The van der Waals surface area contributed by atoms with Gasteiger partial charge in [-0.25, -0.2) is 13.2 Å². The lowest BCUT2D eigenvalue weighted by Gasteiger charge is -2.26. The van der Waals surface area contributed by atoms with Gasteiger partial charge in [-0.05, 0) is 36.2 Å². The van der Waals surface area contributed by atoms with Crippen molar-refractivity contribution in [1.29, 1.82) is 0 Å². The van der Waals surface area contributed by atoms with E-state index in [4.69, 9.17) is 0 Å². The zero-order valence-electron chi connectivity index (χ0n) is 14.8. The van der Waals surface area contributed by atoms with Crippen LogP contribution in [-0.2, 0) is 21.1 Å². The van der Waals surface area contributed by atoms with Crippen LogP contribution in [0.5, 0.6) is 0 Å². The number of carbonyl (C=O) groups is 2. The van der Waals surface area contributed by atoms with Gasteiger partial charge in [0.1, 0.15) is 0 Å². The predicted octanol–water partition coefficient (Wildman–Crippen LogP) is 2.55. The number of hydrogen-bond donors (Lipinski definition) is 1. The Kier molecular flexibility index (Phi) is 5.82. The topological polar surface area (TPSA) is 91.8 Å². The second kappa shape index (κ2) is 7.70. The standard InChI is InChI=1S/C19H21NO5S/c1-13(14-8-10-16(11-9-14)26(3,24)25)20(2)18(21)12-15-6-4-5-7-17(15)19(22)23/h4-11,13H,12H2,1-3H3,(H,22,23). The molecule has 6 nitrogen and oxygen atoms in total. The first-order chi connectivity index (χ1) is 12.1. The lowest BCUT2D eigenvalue weighted by Crippen LogP contribution is -2.31. The highest BCUT2D eigenvalue weighted by molar-refractivity contribution is 7.90. The van der Waals surface area contributed by atoms with Crippen molar-refractivity contribution in [3.05, 3.63) is 65.2 Å². The van der Waals surface area contributed by atoms with Crippen LogP contribution in [0.1, 0.15) is 34.5 Å². The van der Waals surface area contributed by atoms with Gasteiger partial charge in [-0.3, -0.25) is 4.79 Å². The molecule has 0 radical (unpaired) electrons. The maximum absolute atomic E-state index is 12.6. The minimum absolute atomic E-state index is 0.0231. The third kappa shape index (κ3) is 4.49. The summed E-state index contributed by atoms with van der Waals surface area (Å²) in [7, 11) is -1.63. The summed E-state index contributed by atoms with van der Waals surface area (Å²) in [6, 6.07) is 12.5. The molecule has 1 atom stereocenters. The van der Waals surface area contributed by atoms with Gasteiger partial charge in [0.25, 0.3) is 0 Å². The minimum atomic E-state index is -3.27. The Bertz CT molecular complexity index is 919. The summed E-state index contributed by atoms with van der Waals surface area (Å²) < 4.78 is 23.1. The van der Waals surface area contributed by atoms with Crippen LogP contribution in [0, 0.1) is 0 Å². The molecule has 0 saturated carbocycles. The highest BCUT2D eigenvalue weighted by Gasteiger charge is 2.20. The molecule has 138 valence electrons. The average molecular weight is 375 g/mol. The van der Waals surface area contributed by atoms with Gasteiger partial charge < -0.3 is 10.0 Å². The fourth-order valence-corrected chi connectivity index (χ4v) is 3.23. The second-order valence-corrected chi connectivity index (χ2v) is 8.18. The first kappa shape index (κ1) is 19.7.